The molecule has 4 rings (SSSR count). The van der Waals surface area contributed by atoms with Crippen LogP contribution in [-0.4, -0.2) is 40.5 Å². The average Bonchev–Trinajstić information content (AvgIpc) is 3.21. The highest BCUT2D eigenvalue weighted by molar-refractivity contribution is 5.95. The Morgan fingerprint density at radius 3 is 2.53 bits per heavy atom. The average molecular weight is 457 g/mol. The molecule has 1 amide bonds. The summed E-state index contributed by atoms with van der Waals surface area (Å²) in [5.74, 6) is 1.33. The summed E-state index contributed by atoms with van der Waals surface area (Å²) in [6, 6.07) is 15.9. The number of H-pyrrole nitrogens is 1. The van der Waals surface area contributed by atoms with Crippen molar-refractivity contribution in [3.05, 3.63) is 76.2 Å². The van der Waals surface area contributed by atoms with Crippen LogP contribution in [0.5, 0.6) is 0 Å². The van der Waals surface area contributed by atoms with Crippen LogP contribution in [0.25, 0.3) is 11.3 Å². The van der Waals surface area contributed by atoms with E-state index in [9.17, 15) is 4.79 Å². The molecule has 1 aromatic heterocycles. The predicted molar refractivity (Wildman–Crippen MR) is 132 cm³/mol. The monoisotopic (exact) mass is 456 g/mol. The van der Waals surface area contributed by atoms with Gasteiger partial charge in [-0.1, -0.05) is 25.1 Å². The molecule has 1 N–H and O–H groups in total. The maximum Gasteiger partial charge on any atom is 0.253 e. The molecule has 6 nitrogen and oxygen atoms in total. The molecule has 1 aliphatic heterocycles. The molecule has 2 heterocycles. The highest BCUT2D eigenvalue weighted by Crippen LogP contribution is 2.31. The number of nitrogens with zero attached hydrogens (tertiary/aromatic N) is 3. The van der Waals surface area contributed by atoms with Crippen molar-refractivity contribution in [1.82, 2.24) is 14.9 Å². The summed E-state index contributed by atoms with van der Waals surface area (Å²) in [5, 5.41) is 9.02. The van der Waals surface area contributed by atoms with Crippen LogP contribution in [0.4, 0.5) is 0 Å². The maximum absolute atomic E-state index is 13.4. The van der Waals surface area contributed by atoms with Crippen molar-refractivity contribution in [2.24, 2.45) is 0 Å². The van der Waals surface area contributed by atoms with Crippen molar-refractivity contribution < 1.29 is 9.53 Å². The number of hydrogen-bond donors (Lipinski definition) is 1. The van der Waals surface area contributed by atoms with Gasteiger partial charge < -0.3 is 14.6 Å². The predicted octanol–water partition coefficient (Wildman–Crippen LogP) is 5.51. The number of rotatable bonds is 7. The number of imidazole rings is 1. The molecule has 3 aromatic rings. The first-order valence-corrected chi connectivity index (χ1v) is 12.0. The Balaban J connectivity index is 1.51. The van der Waals surface area contributed by atoms with Gasteiger partial charge in [0, 0.05) is 36.5 Å². The minimum Gasteiger partial charge on any atom is -0.377 e. The van der Waals surface area contributed by atoms with Gasteiger partial charge in [-0.2, -0.15) is 5.26 Å². The second-order valence-electron chi connectivity index (χ2n) is 9.02. The number of aromatic nitrogens is 2. The fourth-order valence-corrected chi connectivity index (χ4v) is 4.68. The molecule has 1 saturated heterocycles. The Morgan fingerprint density at radius 2 is 1.91 bits per heavy atom. The van der Waals surface area contributed by atoms with Crippen LogP contribution in [0.15, 0.2) is 42.5 Å². The van der Waals surface area contributed by atoms with Gasteiger partial charge in [-0.25, -0.2) is 4.98 Å². The molecule has 1 aliphatic rings. The van der Waals surface area contributed by atoms with Gasteiger partial charge in [0.2, 0.25) is 0 Å². The lowest BCUT2D eigenvalue weighted by atomic mass is 9.88. The lowest BCUT2D eigenvalue weighted by Crippen LogP contribution is -2.38. The Hall–Kier alpha value is -3.43. The zero-order valence-corrected chi connectivity index (χ0v) is 20.2. The van der Waals surface area contributed by atoms with Gasteiger partial charge in [0.05, 0.1) is 23.9 Å². The van der Waals surface area contributed by atoms with E-state index in [1.165, 1.54) is 5.56 Å². The summed E-state index contributed by atoms with van der Waals surface area (Å²) in [6.45, 7) is 8.69. The molecule has 6 heteroatoms. The van der Waals surface area contributed by atoms with E-state index in [1.807, 2.05) is 61.2 Å². The molecule has 0 radical (unpaired) electrons. The molecular formula is C28H32N4O2. The first-order valence-electron chi connectivity index (χ1n) is 12.0. The molecule has 34 heavy (non-hydrogen) atoms. The summed E-state index contributed by atoms with van der Waals surface area (Å²) in [4.78, 5) is 23.3. The largest absolute Gasteiger partial charge is 0.377 e. The van der Waals surface area contributed by atoms with E-state index in [2.05, 4.69) is 23.0 Å². The summed E-state index contributed by atoms with van der Waals surface area (Å²) >= 11 is 0. The second-order valence-corrected chi connectivity index (χ2v) is 9.02. The molecule has 0 atom stereocenters. The maximum atomic E-state index is 13.4. The number of carbonyl (C=O) groups excluding carboxylic acids is 1. The normalized spacial score (nSPS) is 14.2. The molecule has 0 bridgehead atoms. The van der Waals surface area contributed by atoms with Crippen molar-refractivity contribution in [2.75, 3.05) is 19.7 Å². The van der Waals surface area contributed by atoms with Crippen LogP contribution in [0.3, 0.4) is 0 Å². The lowest BCUT2D eigenvalue weighted by molar-refractivity contribution is 0.0713. The lowest BCUT2D eigenvalue weighted by Gasteiger charge is -2.32. The molecule has 2 aromatic carbocycles. The molecule has 176 valence electrons. The fraction of sp³-hybridized carbons (Fsp3) is 0.393. The number of piperidine rings is 1. The minimum absolute atomic E-state index is 0.0606. The van der Waals surface area contributed by atoms with Crippen molar-refractivity contribution in [1.29, 1.82) is 5.26 Å². The SMILES string of the molecule is CCCOCc1ccc(C(=O)N2CCC(c3ccc(C#N)cc3)CC2)cc1-c1nc(C)[nH]c1C. The molecule has 0 unspecified atom stereocenters. The number of benzene rings is 2. The van der Waals surface area contributed by atoms with Crippen molar-refractivity contribution in [3.8, 4) is 17.3 Å². The van der Waals surface area contributed by atoms with Gasteiger partial charge in [0.1, 0.15) is 5.82 Å². The zero-order valence-electron chi connectivity index (χ0n) is 20.2. The van der Waals surface area contributed by atoms with Gasteiger partial charge in [-0.15, -0.1) is 0 Å². The number of likely N-dealkylation sites (tertiary alicyclic amines) is 1. The summed E-state index contributed by atoms with van der Waals surface area (Å²) in [7, 11) is 0. The Morgan fingerprint density at radius 1 is 1.18 bits per heavy atom. The third-order valence-corrected chi connectivity index (χ3v) is 6.51. The first kappa shape index (κ1) is 23.7. The smallest absolute Gasteiger partial charge is 0.253 e. The first-order chi connectivity index (χ1) is 16.5. The number of hydrogen-bond acceptors (Lipinski definition) is 4. The zero-order chi connectivity index (χ0) is 24.1. The van der Waals surface area contributed by atoms with Crippen LogP contribution in [0.1, 0.15) is 70.7 Å². The minimum atomic E-state index is 0.0606. The van der Waals surface area contributed by atoms with Crippen molar-refractivity contribution >= 4 is 5.91 Å². The van der Waals surface area contributed by atoms with E-state index in [4.69, 9.17) is 10.00 Å². The van der Waals surface area contributed by atoms with Gasteiger partial charge in [-0.05, 0) is 74.4 Å². The van der Waals surface area contributed by atoms with Crippen LogP contribution in [0.2, 0.25) is 0 Å². The van der Waals surface area contributed by atoms with Gasteiger partial charge in [-0.3, -0.25) is 4.79 Å². The van der Waals surface area contributed by atoms with Gasteiger partial charge in [0.25, 0.3) is 5.91 Å². The molecule has 1 fully saturated rings. The summed E-state index contributed by atoms with van der Waals surface area (Å²) in [5.41, 5.74) is 6.47. The number of nitriles is 1. The van der Waals surface area contributed by atoms with Crippen LogP contribution in [-0.2, 0) is 11.3 Å². The molecule has 0 aliphatic carbocycles. The standard InChI is InChI=1S/C28H32N4O2/c1-4-15-34-18-25-10-9-24(16-26(25)27-19(2)30-20(3)31-27)28(33)32-13-11-23(12-14-32)22-7-5-21(17-29)6-8-22/h5-10,16,23H,4,11-15,18H2,1-3H3,(H,30,31). The number of nitrogens with one attached hydrogen (secondary N) is 1. The fourth-order valence-electron chi connectivity index (χ4n) is 4.68. The van der Waals surface area contributed by atoms with Crippen LogP contribution < -0.4 is 0 Å². The Labute approximate surface area is 201 Å². The topological polar surface area (TPSA) is 82.0 Å². The quantitative estimate of drug-likeness (QED) is 0.475. The number of aryl methyl sites for hydroxylation is 2. The van der Waals surface area contributed by atoms with E-state index >= 15 is 0 Å². The van der Waals surface area contributed by atoms with E-state index in [1.54, 1.807) is 0 Å². The van der Waals surface area contributed by atoms with Gasteiger partial charge >= 0.3 is 0 Å². The van der Waals surface area contributed by atoms with Gasteiger partial charge in [0.15, 0.2) is 0 Å². The third kappa shape index (κ3) is 5.21. The number of aromatic amines is 1. The van der Waals surface area contributed by atoms with Crippen LogP contribution >= 0.6 is 0 Å². The number of carbonyl (C=O) groups is 1. The summed E-state index contributed by atoms with van der Waals surface area (Å²) < 4.78 is 5.81. The van der Waals surface area contributed by atoms with E-state index in [0.29, 0.717) is 30.3 Å². The number of ether oxygens (including phenoxy) is 1. The highest BCUT2D eigenvalue weighted by Gasteiger charge is 2.25. The Kier molecular flexibility index (Phi) is 7.44. The summed E-state index contributed by atoms with van der Waals surface area (Å²) in [6.07, 6.45) is 2.81. The molecule has 0 spiro atoms. The molecular weight excluding hydrogens is 424 g/mol. The molecule has 0 saturated carbocycles. The van der Waals surface area contributed by atoms with E-state index < -0.39 is 0 Å². The third-order valence-electron chi connectivity index (χ3n) is 6.51. The Bertz CT molecular complexity index is 1180. The van der Waals surface area contributed by atoms with E-state index in [-0.39, 0.29) is 5.91 Å². The van der Waals surface area contributed by atoms with Crippen molar-refractivity contribution in [3.63, 3.8) is 0 Å². The van der Waals surface area contributed by atoms with Crippen molar-refractivity contribution in [2.45, 2.75) is 52.6 Å². The van der Waals surface area contributed by atoms with Crippen LogP contribution in [0, 0.1) is 25.2 Å². The second kappa shape index (κ2) is 10.7. The number of amides is 1. The van der Waals surface area contributed by atoms with E-state index in [0.717, 1.165) is 60.7 Å². The highest BCUT2D eigenvalue weighted by atomic mass is 16.5.